The second kappa shape index (κ2) is 2.66. The second-order valence-corrected chi connectivity index (χ2v) is 2.91. The highest BCUT2D eigenvalue weighted by Gasteiger charge is 2.07. The number of hydrogen-bond donors (Lipinski definition) is 4. The van der Waals surface area contributed by atoms with E-state index in [1.54, 1.807) is 0 Å². The molecule has 1 heterocycles. The van der Waals surface area contributed by atoms with Crippen molar-refractivity contribution in [2.24, 2.45) is 0 Å². The molecule has 0 fully saturated rings. The number of nitrogens with one attached hydrogen (secondary N) is 1. The molecule has 0 bridgehead atoms. The molecule has 1 aromatic carbocycles. The zero-order valence-electron chi connectivity index (χ0n) is 6.98. The van der Waals surface area contributed by atoms with Gasteiger partial charge in [-0.25, -0.2) is 0 Å². The van der Waals surface area contributed by atoms with Gasteiger partial charge in [0.15, 0.2) is 0 Å². The maximum absolute atomic E-state index is 11.0. The summed E-state index contributed by atoms with van der Waals surface area (Å²) < 4.78 is 0. The third-order valence-corrected chi connectivity index (χ3v) is 1.89. The molecule has 1 aromatic heterocycles. The number of fused-ring (bicyclic) bond motifs is 1. The van der Waals surface area contributed by atoms with Crippen molar-refractivity contribution < 1.29 is 15.3 Å². The Morgan fingerprint density at radius 1 is 1.00 bits per heavy atom. The van der Waals surface area contributed by atoms with E-state index >= 15 is 0 Å². The number of hydrogen-bond acceptors (Lipinski definition) is 4. The van der Waals surface area contributed by atoms with Gasteiger partial charge in [-0.2, -0.15) is 0 Å². The predicted octanol–water partition coefficient (Wildman–Crippen LogP) is 0.645. The van der Waals surface area contributed by atoms with Crippen LogP contribution in [0.25, 0.3) is 10.9 Å². The molecule has 0 atom stereocenters. The first kappa shape index (κ1) is 8.43. The van der Waals surface area contributed by atoms with Crippen LogP contribution < -0.4 is 5.56 Å². The summed E-state index contributed by atoms with van der Waals surface area (Å²) in [6, 6.07) is 3.30. The molecule has 14 heavy (non-hydrogen) atoms. The van der Waals surface area contributed by atoms with Gasteiger partial charge in [-0.1, -0.05) is 0 Å². The van der Waals surface area contributed by atoms with E-state index in [9.17, 15) is 15.0 Å². The fourth-order valence-corrected chi connectivity index (χ4v) is 1.31. The molecule has 0 spiro atoms. The maximum Gasteiger partial charge on any atom is 0.252 e. The van der Waals surface area contributed by atoms with E-state index < -0.39 is 5.56 Å². The molecular formula is C9H7NO4. The number of benzene rings is 1. The second-order valence-electron chi connectivity index (χ2n) is 2.91. The normalized spacial score (nSPS) is 10.6. The number of rotatable bonds is 0. The summed E-state index contributed by atoms with van der Waals surface area (Å²) >= 11 is 0. The predicted molar refractivity (Wildman–Crippen MR) is 49.6 cm³/mol. The van der Waals surface area contributed by atoms with Crippen LogP contribution in [-0.2, 0) is 0 Å². The molecule has 5 nitrogen and oxygen atoms in total. The van der Waals surface area contributed by atoms with E-state index in [1.807, 2.05) is 0 Å². The summed E-state index contributed by atoms with van der Waals surface area (Å²) in [5.74, 6) is -0.750. The molecule has 5 heteroatoms. The van der Waals surface area contributed by atoms with Crippen LogP contribution in [-0.4, -0.2) is 20.3 Å². The Labute approximate surface area is 77.9 Å². The first-order chi connectivity index (χ1) is 6.58. The SMILES string of the molecule is O=c1cc(O)c2cc(O)cc(O)c2[nH]1. The standard InChI is InChI=1S/C9H7NO4/c11-4-1-5-6(12)3-8(14)10-9(5)7(13)2-4/h1-3,11,13H,(H2,10,12,14). The van der Waals surface area contributed by atoms with E-state index in [1.165, 1.54) is 6.07 Å². The van der Waals surface area contributed by atoms with Gasteiger partial charge < -0.3 is 20.3 Å². The first-order valence-corrected chi connectivity index (χ1v) is 3.86. The van der Waals surface area contributed by atoms with Crippen molar-refractivity contribution in [3.05, 3.63) is 28.6 Å². The van der Waals surface area contributed by atoms with Gasteiger partial charge >= 0.3 is 0 Å². The summed E-state index contributed by atoms with van der Waals surface area (Å²) in [6.07, 6.45) is 0. The van der Waals surface area contributed by atoms with Crippen LogP contribution in [0.5, 0.6) is 17.2 Å². The molecule has 0 radical (unpaired) electrons. The smallest absolute Gasteiger partial charge is 0.252 e. The minimum Gasteiger partial charge on any atom is -0.508 e. The molecular weight excluding hydrogens is 186 g/mol. The van der Waals surface area contributed by atoms with Crippen LogP contribution in [0, 0.1) is 0 Å². The molecule has 2 aromatic rings. The number of H-pyrrole nitrogens is 1. The Kier molecular flexibility index (Phi) is 1.60. The Morgan fingerprint density at radius 3 is 2.43 bits per heavy atom. The lowest BCUT2D eigenvalue weighted by molar-refractivity contribution is 0.451. The third-order valence-electron chi connectivity index (χ3n) is 1.89. The largest absolute Gasteiger partial charge is 0.508 e. The Morgan fingerprint density at radius 2 is 1.71 bits per heavy atom. The van der Waals surface area contributed by atoms with Gasteiger partial charge in [0.1, 0.15) is 17.2 Å². The third kappa shape index (κ3) is 1.15. The van der Waals surface area contributed by atoms with Gasteiger partial charge in [0.25, 0.3) is 5.56 Å². The summed E-state index contributed by atoms with van der Waals surface area (Å²) in [5.41, 5.74) is -0.413. The monoisotopic (exact) mass is 193 g/mol. The fourth-order valence-electron chi connectivity index (χ4n) is 1.31. The fraction of sp³-hybridized carbons (Fsp3) is 0. The van der Waals surface area contributed by atoms with Gasteiger partial charge in [-0.05, 0) is 6.07 Å². The minimum atomic E-state index is -0.518. The molecule has 0 unspecified atom stereocenters. The van der Waals surface area contributed by atoms with Crippen molar-refractivity contribution in [1.82, 2.24) is 4.98 Å². The average molecular weight is 193 g/mol. The van der Waals surface area contributed by atoms with Crippen molar-refractivity contribution in [3.8, 4) is 17.2 Å². The molecule has 0 saturated heterocycles. The molecule has 0 aliphatic rings. The van der Waals surface area contributed by atoms with Gasteiger partial charge in [0.05, 0.1) is 5.52 Å². The van der Waals surface area contributed by atoms with Crippen LogP contribution in [0.2, 0.25) is 0 Å². The topological polar surface area (TPSA) is 93.6 Å². The van der Waals surface area contributed by atoms with Crippen LogP contribution in [0.4, 0.5) is 0 Å². The zero-order valence-corrected chi connectivity index (χ0v) is 6.98. The highest BCUT2D eigenvalue weighted by molar-refractivity contribution is 5.90. The van der Waals surface area contributed by atoms with Crippen LogP contribution in [0.3, 0.4) is 0 Å². The van der Waals surface area contributed by atoms with E-state index in [0.717, 1.165) is 12.1 Å². The van der Waals surface area contributed by atoms with Gasteiger partial charge in [-0.15, -0.1) is 0 Å². The first-order valence-electron chi connectivity index (χ1n) is 3.86. The molecule has 0 amide bonds. The number of phenols is 2. The molecule has 0 saturated carbocycles. The highest BCUT2D eigenvalue weighted by atomic mass is 16.3. The molecule has 0 aliphatic carbocycles. The lowest BCUT2D eigenvalue weighted by atomic mass is 10.2. The van der Waals surface area contributed by atoms with Crippen molar-refractivity contribution in [2.45, 2.75) is 0 Å². The van der Waals surface area contributed by atoms with E-state index in [2.05, 4.69) is 4.98 Å². The van der Waals surface area contributed by atoms with Gasteiger partial charge in [-0.3, -0.25) is 4.79 Å². The number of aromatic amines is 1. The minimum absolute atomic E-state index is 0.104. The maximum atomic E-state index is 11.0. The Balaban J connectivity index is 3.01. The molecule has 0 aliphatic heterocycles. The summed E-state index contributed by atoms with van der Waals surface area (Å²) in [4.78, 5) is 13.3. The molecule has 4 N–H and O–H groups in total. The van der Waals surface area contributed by atoms with Crippen molar-refractivity contribution in [2.75, 3.05) is 0 Å². The van der Waals surface area contributed by atoms with Crippen molar-refractivity contribution >= 4 is 10.9 Å². The summed E-state index contributed by atoms with van der Waals surface area (Å²) in [7, 11) is 0. The van der Waals surface area contributed by atoms with Crippen LogP contribution in [0.1, 0.15) is 0 Å². The number of aromatic nitrogens is 1. The van der Waals surface area contributed by atoms with E-state index in [-0.39, 0.29) is 28.2 Å². The number of aromatic hydroxyl groups is 3. The zero-order chi connectivity index (χ0) is 10.3. The lowest BCUT2D eigenvalue weighted by Crippen LogP contribution is -2.02. The summed E-state index contributed by atoms with van der Waals surface area (Å²) in [5, 5.41) is 28.1. The molecule has 72 valence electrons. The Hall–Kier alpha value is -2.17. The quantitative estimate of drug-likeness (QED) is 0.494. The number of phenolic OH excluding ortho intramolecular Hbond substituents is 2. The lowest BCUT2D eigenvalue weighted by Gasteiger charge is -2.03. The number of pyridine rings is 1. The van der Waals surface area contributed by atoms with Gasteiger partial charge in [0.2, 0.25) is 0 Å². The molecule has 2 rings (SSSR count). The van der Waals surface area contributed by atoms with Crippen LogP contribution >= 0.6 is 0 Å². The van der Waals surface area contributed by atoms with Crippen molar-refractivity contribution in [3.63, 3.8) is 0 Å². The van der Waals surface area contributed by atoms with Crippen LogP contribution in [0.15, 0.2) is 23.0 Å². The summed E-state index contributed by atoms with van der Waals surface area (Å²) in [6.45, 7) is 0. The highest BCUT2D eigenvalue weighted by Crippen LogP contribution is 2.31. The Bertz CT molecular complexity index is 558. The van der Waals surface area contributed by atoms with Crippen molar-refractivity contribution in [1.29, 1.82) is 0 Å². The average Bonchev–Trinajstić information content (AvgIpc) is 2.07. The van der Waals surface area contributed by atoms with Gasteiger partial charge in [0, 0.05) is 17.5 Å². The van der Waals surface area contributed by atoms with E-state index in [0.29, 0.717) is 0 Å². The van der Waals surface area contributed by atoms with E-state index in [4.69, 9.17) is 5.11 Å².